The minimum atomic E-state index is 0.178. The third-order valence-electron chi connectivity index (χ3n) is 2.65. The molecule has 3 heteroatoms. The van der Waals surface area contributed by atoms with Crippen LogP contribution >= 0.6 is 0 Å². The third kappa shape index (κ3) is 4.74. The first-order valence-electron chi connectivity index (χ1n) is 5.42. The lowest BCUT2D eigenvalue weighted by atomic mass is 10.2. The zero-order chi connectivity index (χ0) is 10.9. The van der Waals surface area contributed by atoms with Crippen LogP contribution in [0, 0.1) is 0 Å². The van der Waals surface area contributed by atoms with Crippen LogP contribution < -0.4 is 0 Å². The molecule has 14 heavy (non-hydrogen) atoms. The van der Waals surface area contributed by atoms with Crippen molar-refractivity contribution in [3.05, 3.63) is 12.7 Å². The van der Waals surface area contributed by atoms with Gasteiger partial charge in [0.15, 0.2) is 0 Å². The summed E-state index contributed by atoms with van der Waals surface area (Å²) in [4.78, 5) is 0. The number of aliphatic hydroxyl groups excluding tert-OH is 2. The first-order chi connectivity index (χ1) is 6.74. The van der Waals surface area contributed by atoms with Gasteiger partial charge in [-0.3, -0.25) is 0 Å². The van der Waals surface area contributed by atoms with Gasteiger partial charge in [0, 0.05) is 0 Å². The van der Waals surface area contributed by atoms with Crippen molar-refractivity contribution < 1.29 is 14.7 Å². The fraction of sp³-hybridized carbons (Fsp3) is 0.818. The monoisotopic (exact) mass is 202 g/mol. The van der Waals surface area contributed by atoms with Crippen molar-refractivity contribution in [3.8, 4) is 0 Å². The zero-order valence-corrected chi connectivity index (χ0v) is 9.28. The van der Waals surface area contributed by atoms with Gasteiger partial charge in [-0.05, 0) is 12.5 Å². The van der Waals surface area contributed by atoms with Crippen LogP contribution in [0.1, 0.15) is 19.8 Å². The number of aliphatic hydroxyl groups is 2. The molecule has 0 amide bonds. The molecule has 2 N–H and O–H groups in total. The molecule has 0 aromatic heterocycles. The molecule has 0 heterocycles. The largest absolute Gasteiger partial charge is 0.391 e. The van der Waals surface area contributed by atoms with Crippen LogP contribution in [0.25, 0.3) is 0 Å². The second kappa shape index (κ2) is 7.97. The molecule has 0 saturated carbocycles. The Bertz CT molecular complexity index is 142. The van der Waals surface area contributed by atoms with Gasteiger partial charge in [-0.1, -0.05) is 19.9 Å². The average molecular weight is 202 g/mol. The van der Waals surface area contributed by atoms with Crippen LogP contribution in [0.2, 0.25) is 0 Å². The molecule has 0 bridgehead atoms. The van der Waals surface area contributed by atoms with Gasteiger partial charge >= 0.3 is 0 Å². The Hall–Kier alpha value is -0.380. The predicted octanol–water partition coefficient (Wildman–Crippen LogP) is 0.774. The Morgan fingerprint density at radius 1 is 1.14 bits per heavy atom. The highest BCUT2D eigenvalue weighted by molar-refractivity contribution is 4.66. The standard InChI is InChI=1S/C11H24NO2/c1-3-5-7-12(6-4-2,8-10-13)9-11-14/h4,13-14H,2-3,5-11H2,1H3/q+1. The topological polar surface area (TPSA) is 40.5 Å². The van der Waals surface area contributed by atoms with Gasteiger partial charge in [0.25, 0.3) is 0 Å². The Labute approximate surface area is 87.3 Å². The van der Waals surface area contributed by atoms with Crippen molar-refractivity contribution in [1.29, 1.82) is 0 Å². The van der Waals surface area contributed by atoms with E-state index in [9.17, 15) is 0 Å². The van der Waals surface area contributed by atoms with E-state index in [2.05, 4.69) is 13.5 Å². The van der Waals surface area contributed by atoms with Crippen molar-refractivity contribution in [2.45, 2.75) is 19.8 Å². The molecule has 0 fully saturated rings. The van der Waals surface area contributed by atoms with Crippen molar-refractivity contribution in [2.75, 3.05) is 39.4 Å². The molecule has 84 valence electrons. The van der Waals surface area contributed by atoms with Crippen molar-refractivity contribution >= 4 is 0 Å². The third-order valence-corrected chi connectivity index (χ3v) is 2.65. The first kappa shape index (κ1) is 13.6. The lowest BCUT2D eigenvalue weighted by Crippen LogP contribution is -2.52. The van der Waals surface area contributed by atoms with Gasteiger partial charge in [-0.2, -0.15) is 0 Å². The molecule has 3 nitrogen and oxygen atoms in total. The van der Waals surface area contributed by atoms with Crippen LogP contribution in [0.15, 0.2) is 12.7 Å². The molecule has 0 aliphatic heterocycles. The first-order valence-corrected chi connectivity index (χ1v) is 5.42. The van der Waals surface area contributed by atoms with Gasteiger partial charge in [0.05, 0.1) is 26.3 Å². The molecule has 0 rings (SSSR count). The Morgan fingerprint density at radius 3 is 2.07 bits per heavy atom. The molecule has 0 radical (unpaired) electrons. The van der Waals surface area contributed by atoms with Crippen molar-refractivity contribution in [3.63, 3.8) is 0 Å². The predicted molar refractivity (Wildman–Crippen MR) is 59.0 cm³/mol. The maximum atomic E-state index is 9.02. The molecule has 0 atom stereocenters. The maximum absolute atomic E-state index is 9.02. The summed E-state index contributed by atoms with van der Waals surface area (Å²) < 4.78 is 0.768. The lowest BCUT2D eigenvalue weighted by molar-refractivity contribution is -0.923. The van der Waals surface area contributed by atoms with Crippen molar-refractivity contribution in [2.24, 2.45) is 0 Å². The van der Waals surface area contributed by atoms with Crippen LogP contribution in [0.5, 0.6) is 0 Å². The zero-order valence-electron chi connectivity index (χ0n) is 9.28. The Morgan fingerprint density at radius 2 is 1.71 bits per heavy atom. The Balaban J connectivity index is 4.28. The summed E-state index contributed by atoms with van der Waals surface area (Å²) >= 11 is 0. The summed E-state index contributed by atoms with van der Waals surface area (Å²) in [6.45, 7) is 9.53. The van der Waals surface area contributed by atoms with Gasteiger partial charge in [0.1, 0.15) is 13.1 Å². The summed E-state index contributed by atoms with van der Waals surface area (Å²) in [5.41, 5.74) is 0. The van der Waals surface area contributed by atoms with E-state index in [1.807, 2.05) is 6.08 Å². The molecule has 0 aromatic rings. The highest BCUT2D eigenvalue weighted by Crippen LogP contribution is 2.09. The highest BCUT2D eigenvalue weighted by Gasteiger charge is 2.23. The average Bonchev–Trinajstić information content (AvgIpc) is 2.16. The van der Waals surface area contributed by atoms with E-state index < -0.39 is 0 Å². The summed E-state index contributed by atoms with van der Waals surface area (Å²) in [7, 11) is 0. The summed E-state index contributed by atoms with van der Waals surface area (Å²) in [6.07, 6.45) is 4.16. The number of hydrogen-bond donors (Lipinski definition) is 2. The van der Waals surface area contributed by atoms with E-state index in [1.54, 1.807) is 0 Å². The molecule has 0 saturated heterocycles. The van der Waals surface area contributed by atoms with Crippen LogP contribution in [-0.4, -0.2) is 54.1 Å². The number of unbranched alkanes of at least 4 members (excludes halogenated alkanes) is 1. The van der Waals surface area contributed by atoms with E-state index in [0.717, 1.165) is 30.4 Å². The minimum Gasteiger partial charge on any atom is -0.391 e. The summed E-state index contributed by atoms with van der Waals surface area (Å²) in [6, 6.07) is 0. The fourth-order valence-corrected chi connectivity index (χ4v) is 1.80. The minimum absolute atomic E-state index is 0.178. The van der Waals surface area contributed by atoms with E-state index in [1.165, 1.54) is 0 Å². The summed E-state index contributed by atoms with van der Waals surface area (Å²) in [5, 5.41) is 18.0. The molecular weight excluding hydrogens is 178 g/mol. The van der Waals surface area contributed by atoms with Gasteiger partial charge in [-0.25, -0.2) is 0 Å². The van der Waals surface area contributed by atoms with Crippen molar-refractivity contribution in [1.82, 2.24) is 0 Å². The molecule has 0 aliphatic rings. The Kier molecular flexibility index (Phi) is 7.76. The molecular formula is C11H24NO2+. The number of rotatable bonds is 9. The van der Waals surface area contributed by atoms with E-state index in [0.29, 0.717) is 13.1 Å². The normalized spacial score (nSPS) is 11.6. The highest BCUT2D eigenvalue weighted by atomic mass is 16.3. The van der Waals surface area contributed by atoms with E-state index in [4.69, 9.17) is 10.2 Å². The SMILES string of the molecule is C=CC[N+](CCO)(CCO)CCCC. The van der Waals surface area contributed by atoms with Crippen LogP contribution in [0.4, 0.5) is 0 Å². The van der Waals surface area contributed by atoms with Crippen LogP contribution in [0.3, 0.4) is 0 Å². The van der Waals surface area contributed by atoms with E-state index >= 15 is 0 Å². The molecule has 0 unspecified atom stereocenters. The molecule has 0 aliphatic carbocycles. The maximum Gasteiger partial charge on any atom is 0.102 e. The second-order valence-corrected chi connectivity index (χ2v) is 3.78. The molecule has 0 aromatic carbocycles. The second-order valence-electron chi connectivity index (χ2n) is 3.78. The van der Waals surface area contributed by atoms with Gasteiger partial charge in [0.2, 0.25) is 0 Å². The number of quaternary nitrogens is 1. The summed E-state index contributed by atoms with van der Waals surface area (Å²) in [5.74, 6) is 0. The number of nitrogens with zero attached hydrogens (tertiary/aromatic N) is 1. The lowest BCUT2D eigenvalue weighted by Gasteiger charge is -2.37. The van der Waals surface area contributed by atoms with Gasteiger partial charge in [-0.15, -0.1) is 0 Å². The van der Waals surface area contributed by atoms with Crippen LogP contribution in [-0.2, 0) is 0 Å². The van der Waals surface area contributed by atoms with E-state index in [-0.39, 0.29) is 13.2 Å². The molecule has 0 spiro atoms. The fourth-order valence-electron chi connectivity index (χ4n) is 1.80. The smallest absolute Gasteiger partial charge is 0.102 e. The number of hydrogen-bond acceptors (Lipinski definition) is 2. The quantitative estimate of drug-likeness (QED) is 0.428. The van der Waals surface area contributed by atoms with Gasteiger partial charge < -0.3 is 14.7 Å².